The molecule has 1 aliphatic carbocycles. The third-order valence-corrected chi connectivity index (χ3v) is 7.76. The fourth-order valence-corrected chi connectivity index (χ4v) is 5.37. The molecule has 1 aliphatic rings. The van der Waals surface area contributed by atoms with Crippen LogP contribution in [0.2, 0.25) is 0 Å². The second-order valence-corrected chi connectivity index (χ2v) is 10.7. The molecule has 0 bridgehead atoms. The highest BCUT2D eigenvalue weighted by Gasteiger charge is 2.50. The number of carboxylic acid groups (broad SMARTS) is 1. The van der Waals surface area contributed by atoms with E-state index in [0.29, 0.717) is 30.7 Å². The van der Waals surface area contributed by atoms with Crippen LogP contribution in [-0.2, 0) is 28.5 Å². The Morgan fingerprint density at radius 1 is 1.13 bits per heavy atom. The van der Waals surface area contributed by atoms with Crippen LogP contribution in [0.4, 0.5) is 4.79 Å². The lowest BCUT2D eigenvalue weighted by atomic mass is 9.87. The number of rotatable bonds is 9. The van der Waals surface area contributed by atoms with Crippen LogP contribution >= 0.6 is 7.37 Å². The number of hydrogen-bond acceptors (Lipinski definition) is 7. The van der Waals surface area contributed by atoms with Crippen molar-refractivity contribution in [3.05, 3.63) is 0 Å². The number of carbonyl (C=O) groups is 4. The van der Waals surface area contributed by atoms with Gasteiger partial charge in [-0.25, -0.2) is 9.59 Å². The van der Waals surface area contributed by atoms with Crippen molar-refractivity contribution in [2.45, 2.75) is 72.1 Å². The summed E-state index contributed by atoms with van der Waals surface area (Å²) in [6.45, 7) is 7.11. The number of carbonyl (C=O) groups excluding carboxylic acids is 3. The predicted molar refractivity (Wildman–Crippen MR) is 110 cm³/mol. The van der Waals surface area contributed by atoms with Gasteiger partial charge in [0.15, 0.2) is 0 Å². The lowest BCUT2D eigenvalue weighted by Gasteiger charge is -2.35. The van der Waals surface area contributed by atoms with Crippen LogP contribution in [0.1, 0.15) is 60.3 Å². The molecule has 0 aromatic heterocycles. The molecule has 0 aromatic carbocycles. The van der Waals surface area contributed by atoms with Gasteiger partial charge in [-0.1, -0.05) is 26.7 Å². The van der Waals surface area contributed by atoms with Gasteiger partial charge in [0.25, 0.3) is 0 Å². The Hall–Kier alpha value is -2.13. The molecule has 0 saturated heterocycles. The van der Waals surface area contributed by atoms with Gasteiger partial charge in [-0.15, -0.1) is 5.06 Å². The zero-order chi connectivity index (χ0) is 24.0. The van der Waals surface area contributed by atoms with Gasteiger partial charge in [0.1, 0.15) is 11.8 Å². The first-order chi connectivity index (χ1) is 14.3. The fraction of sp³-hybridized carbons (Fsp3) is 0.789. The maximum atomic E-state index is 13.3. The van der Waals surface area contributed by atoms with Crippen molar-refractivity contribution in [3.63, 3.8) is 0 Å². The van der Waals surface area contributed by atoms with Crippen molar-refractivity contribution >= 4 is 31.3 Å². The molecule has 2 amide bonds. The summed E-state index contributed by atoms with van der Waals surface area (Å²) in [5.41, 5.74) is -1.26. The van der Waals surface area contributed by atoms with Gasteiger partial charge in [-0.3, -0.25) is 14.2 Å². The van der Waals surface area contributed by atoms with Gasteiger partial charge in [0.05, 0.1) is 17.9 Å². The second kappa shape index (κ2) is 10.9. The summed E-state index contributed by atoms with van der Waals surface area (Å²) < 4.78 is 18.2. The van der Waals surface area contributed by atoms with E-state index < -0.39 is 60.6 Å². The number of amides is 2. The minimum absolute atomic E-state index is 0.0452. The molecule has 178 valence electrons. The van der Waals surface area contributed by atoms with Gasteiger partial charge in [0, 0.05) is 6.16 Å². The van der Waals surface area contributed by atoms with E-state index in [1.807, 2.05) is 0 Å². The van der Waals surface area contributed by atoms with E-state index in [9.17, 15) is 28.6 Å². The third-order valence-electron chi connectivity index (χ3n) is 5.32. The summed E-state index contributed by atoms with van der Waals surface area (Å²) in [4.78, 5) is 64.2. The Labute approximate surface area is 181 Å². The molecule has 1 saturated carbocycles. The van der Waals surface area contributed by atoms with Crippen LogP contribution in [0.15, 0.2) is 0 Å². The minimum atomic E-state index is -4.30. The molecule has 3 atom stereocenters. The first kappa shape index (κ1) is 26.9. The Morgan fingerprint density at radius 3 is 2.13 bits per heavy atom. The minimum Gasteiger partial charge on any atom is -0.480 e. The number of hydrogen-bond donors (Lipinski definition) is 3. The number of nitrogens with one attached hydrogen (secondary N) is 1. The maximum Gasteiger partial charge on any atom is 0.444 e. The number of hydroxylamine groups is 2. The molecule has 31 heavy (non-hydrogen) atoms. The van der Waals surface area contributed by atoms with E-state index in [4.69, 9.17) is 14.7 Å². The largest absolute Gasteiger partial charge is 0.480 e. The summed E-state index contributed by atoms with van der Waals surface area (Å²) in [6.07, 6.45) is 0.276. The monoisotopic (exact) mass is 464 g/mol. The van der Waals surface area contributed by atoms with Crippen LogP contribution in [0, 0.1) is 11.3 Å². The zero-order valence-electron chi connectivity index (χ0n) is 18.6. The number of aliphatic carboxylic acids is 1. The van der Waals surface area contributed by atoms with E-state index >= 15 is 0 Å². The van der Waals surface area contributed by atoms with Gasteiger partial charge in [-0.05, 0) is 33.6 Å². The van der Waals surface area contributed by atoms with E-state index in [2.05, 4.69) is 5.32 Å². The Bertz CT molecular complexity index is 734. The van der Waals surface area contributed by atoms with Crippen LogP contribution in [0.5, 0.6) is 0 Å². The van der Waals surface area contributed by atoms with Crippen LogP contribution in [-0.4, -0.2) is 63.6 Å². The number of nitrogens with zero attached hydrogens (tertiary/aromatic N) is 1. The van der Waals surface area contributed by atoms with Gasteiger partial charge in [-0.2, -0.15) is 0 Å². The average molecular weight is 464 g/mol. The van der Waals surface area contributed by atoms with E-state index in [0.717, 1.165) is 0 Å². The SMILES string of the molecule is CCOC(=O)N(OC(=O)C(C)C)C(C)P(=O)(O)CC1(C(=O)NC(C)C(=O)O)CCCC1. The van der Waals surface area contributed by atoms with Gasteiger partial charge in [0.2, 0.25) is 13.3 Å². The summed E-state index contributed by atoms with van der Waals surface area (Å²) >= 11 is 0. The van der Waals surface area contributed by atoms with Crippen LogP contribution in [0.3, 0.4) is 0 Å². The zero-order valence-corrected chi connectivity index (χ0v) is 19.5. The summed E-state index contributed by atoms with van der Waals surface area (Å²) in [5.74, 6) is -4.72. The van der Waals surface area contributed by atoms with Crippen molar-refractivity contribution in [3.8, 4) is 0 Å². The highest BCUT2D eigenvalue weighted by molar-refractivity contribution is 7.58. The van der Waals surface area contributed by atoms with Crippen molar-refractivity contribution in [2.24, 2.45) is 11.3 Å². The standard InChI is InChI=1S/C19H33N2O9P/c1-6-29-18(26)21(30-16(24)12(2)3)14(5)31(27,28)11-19(9-7-8-10-19)17(25)20-13(4)15(22)23/h12-14H,6-11H2,1-5H3,(H,20,25)(H,22,23)(H,27,28). The lowest BCUT2D eigenvalue weighted by molar-refractivity contribution is -0.188. The van der Waals surface area contributed by atoms with Crippen LogP contribution in [0.25, 0.3) is 0 Å². The molecule has 1 fully saturated rings. The second-order valence-electron chi connectivity index (χ2n) is 8.16. The molecule has 0 heterocycles. The van der Waals surface area contributed by atoms with E-state index in [1.165, 1.54) is 34.6 Å². The maximum absolute atomic E-state index is 13.3. The smallest absolute Gasteiger partial charge is 0.444 e. The van der Waals surface area contributed by atoms with Crippen molar-refractivity contribution in [1.29, 1.82) is 0 Å². The van der Waals surface area contributed by atoms with Gasteiger partial charge < -0.3 is 24.9 Å². The number of carboxylic acids is 1. The Kier molecular flexibility index (Phi) is 9.50. The molecule has 0 radical (unpaired) electrons. The molecule has 0 aromatic rings. The van der Waals surface area contributed by atoms with Crippen LogP contribution < -0.4 is 5.32 Å². The molecule has 11 nitrogen and oxygen atoms in total. The first-order valence-electron chi connectivity index (χ1n) is 10.3. The topological polar surface area (TPSA) is 160 Å². The molecule has 3 unspecified atom stereocenters. The highest BCUT2D eigenvalue weighted by atomic mass is 31.2. The quantitative estimate of drug-likeness (QED) is 0.344. The Balaban J connectivity index is 3.16. The molecule has 12 heteroatoms. The molecular formula is C19H33N2O9P. The molecule has 0 aliphatic heterocycles. The Morgan fingerprint density at radius 2 is 1.68 bits per heavy atom. The normalized spacial score (nSPS) is 19.1. The van der Waals surface area contributed by atoms with Crippen molar-refractivity contribution < 1.29 is 43.3 Å². The highest BCUT2D eigenvalue weighted by Crippen LogP contribution is 2.56. The van der Waals surface area contributed by atoms with E-state index in [-0.39, 0.29) is 6.61 Å². The fourth-order valence-electron chi connectivity index (χ4n) is 3.31. The van der Waals surface area contributed by atoms with E-state index in [1.54, 1.807) is 0 Å². The molecule has 0 spiro atoms. The molecular weight excluding hydrogens is 431 g/mol. The number of ether oxygens (including phenoxy) is 1. The van der Waals surface area contributed by atoms with Gasteiger partial charge >= 0.3 is 18.0 Å². The molecule has 3 N–H and O–H groups in total. The third kappa shape index (κ3) is 6.93. The first-order valence-corrected chi connectivity index (χ1v) is 12.2. The lowest BCUT2D eigenvalue weighted by Crippen LogP contribution is -2.49. The van der Waals surface area contributed by atoms with Crippen molar-refractivity contribution in [2.75, 3.05) is 12.8 Å². The molecule has 1 rings (SSSR count). The predicted octanol–water partition coefficient (Wildman–Crippen LogP) is 2.33. The van der Waals surface area contributed by atoms with Crippen molar-refractivity contribution in [1.82, 2.24) is 10.4 Å². The summed E-state index contributed by atoms with van der Waals surface area (Å²) in [6, 6.07) is -1.16. The summed E-state index contributed by atoms with van der Waals surface area (Å²) in [5, 5.41) is 11.9. The average Bonchev–Trinajstić information content (AvgIpc) is 3.14. The summed E-state index contributed by atoms with van der Waals surface area (Å²) in [7, 11) is -4.30.